The zero-order chi connectivity index (χ0) is 9.10. The number of nitrogens with one attached hydrogen (secondary N) is 1. The molecule has 0 saturated carbocycles. The fourth-order valence-corrected chi connectivity index (χ4v) is 1.68. The van der Waals surface area contributed by atoms with Crippen LogP contribution in [0.5, 0.6) is 0 Å². The van der Waals surface area contributed by atoms with Crippen molar-refractivity contribution in [2.45, 2.75) is 31.8 Å². The molecule has 1 saturated heterocycles. The topological polar surface area (TPSA) is 64.1 Å². The van der Waals surface area contributed by atoms with Crippen molar-refractivity contribution in [2.75, 3.05) is 6.54 Å². The summed E-state index contributed by atoms with van der Waals surface area (Å²) in [7, 11) is 0. The summed E-state index contributed by atoms with van der Waals surface area (Å²) in [5.74, 6) is 0.931. The molecule has 4 heteroatoms. The highest BCUT2D eigenvalue weighted by Gasteiger charge is 2.18. The van der Waals surface area contributed by atoms with Gasteiger partial charge in [0.15, 0.2) is 5.76 Å². The molecule has 0 aliphatic carbocycles. The second-order valence-corrected chi connectivity index (χ2v) is 3.43. The minimum Gasteiger partial charge on any atom is -0.359 e. The van der Waals surface area contributed by atoms with Crippen LogP contribution in [0.15, 0.2) is 10.6 Å². The van der Waals surface area contributed by atoms with Crippen LogP contribution >= 0.6 is 0 Å². The summed E-state index contributed by atoms with van der Waals surface area (Å²) in [6.45, 7) is 1.53. The second-order valence-electron chi connectivity index (χ2n) is 3.43. The van der Waals surface area contributed by atoms with Gasteiger partial charge in [0.05, 0.1) is 11.7 Å². The van der Waals surface area contributed by atoms with Gasteiger partial charge in [0, 0.05) is 12.6 Å². The van der Waals surface area contributed by atoms with E-state index in [1.807, 2.05) is 6.07 Å². The Hall–Kier alpha value is -0.870. The third kappa shape index (κ3) is 1.89. The Labute approximate surface area is 77.5 Å². The lowest BCUT2D eigenvalue weighted by molar-refractivity contribution is 0.303. The van der Waals surface area contributed by atoms with Gasteiger partial charge in [0.25, 0.3) is 0 Å². The third-order valence-corrected chi connectivity index (χ3v) is 2.44. The first-order chi connectivity index (χ1) is 6.40. The number of rotatable bonds is 2. The molecule has 1 aromatic rings. The van der Waals surface area contributed by atoms with Gasteiger partial charge in [-0.05, 0) is 19.4 Å². The van der Waals surface area contributed by atoms with Crippen LogP contribution < -0.4 is 11.1 Å². The molecule has 0 spiro atoms. The summed E-state index contributed by atoms with van der Waals surface area (Å²) in [6.07, 6.45) is 3.66. The van der Waals surface area contributed by atoms with Crippen LogP contribution in [-0.4, -0.2) is 11.7 Å². The fourth-order valence-electron chi connectivity index (χ4n) is 1.68. The maximum atomic E-state index is 5.45. The summed E-state index contributed by atoms with van der Waals surface area (Å²) in [5.41, 5.74) is 6.29. The highest BCUT2D eigenvalue weighted by molar-refractivity contribution is 5.09. The van der Waals surface area contributed by atoms with E-state index in [1.165, 1.54) is 12.8 Å². The van der Waals surface area contributed by atoms with Crippen molar-refractivity contribution in [3.05, 3.63) is 17.5 Å². The maximum absolute atomic E-state index is 5.45. The van der Waals surface area contributed by atoms with Gasteiger partial charge in [-0.2, -0.15) is 0 Å². The molecule has 1 aliphatic heterocycles. The molecule has 2 heterocycles. The molecule has 72 valence electrons. The van der Waals surface area contributed by atoms with Gasteiger partial charge >= 0.3 is 0 Å². The molecule has 1 atom stereocenters. The minimum atomic E-state index is 0.349. The van der Waals surface area contributed by atoms with E-state index in [2.05, 4.69) is 10.5 Å². The molecule has 4 nitrogen and oxygen atoms in total. The molecule has 1 unspecified atom stereocenters. The number of aromatic nitrogens is 1. The van der Waals surface area contributed by atoms with Crippen LogP contribution in [-0.2, 0) is 6.54 Å². The Morgan fingerprint density at radius 1 is 1.62 bits per heavy atom. The molecule has 0 bridgehead atoms. The molecule has 1 fully saturated rings. The average molecular weight is 181 g/mol. The van der Waals surface area contributed by atoms with Gasteiger partial charge in [0.1, 0.15) is 0 Å². The molecule has 1 aliphatic rings. The SMILES string of the molecule is NCc1cc(C2CCCCN2)on1. The first kappa shape index (κ1) is 8.72. The lowest BCUT2D eigenvalue weighted by Gasteiger charge is -2.20. The zero-order valence-corrected chi connectivity index (χ0v) is 7.62. The third-order valence-electron chi connectivity index (χ3n) is 2.44. The summed E-state index contributed by atoms with van der Waals surface area (Å²) in [4.78, 5) is 0. The van der Waals surface area contributed by atoms with Crippen molar-refractivity contribution < 1.29 is 4.52 Å². The lowest BCUT2D eigenvalue weighted by atomic mass is 10.0. The number of piperidine rings is 1. The quantitative estimate of drug-likeness (QED) is 0.713. The molecule has 0 radical (unpaired) electrons. The molecular weight excluding hydrogens is 166 g/mol. The number of hydrogen-bond donors (Lipinski definition) is 2. The van der Waals surface area contributed by atoms with Crippen molar-refractivity contribution in [1.29, 1.82) is 0 Å². The summed E-state index contributed by atoms with van der Waals surface area (Å²) in [6, 6.07) is 2.30. The molecule has 13 heavy (non-hydrogen) atoms. The highest BCUT2D eigenvalue weighted by Crippen LogP contribution is 2.23. The normalized spacial score (nSPS) is 23.3. The Morgan fingerprint density at radius 3 is 3.15 bits per heavy atom. The zero-order valence-electron chi connectivity index (χ0n) is 7.62. The van der Waals surface area contributed by atoms with Crippen LogP contribution in [0.25, 0.3) is 0 Å². The number of hydrogen-bond acceptors (Lipinski definition) is 4. The van der Waals surface area contributed by atoms with Gasteiger partial charge in [0.2, 0.25) is 0 Å². The van der Waals surface area contributed by atoms with Crippen LogP contribution in [0.2, 0.25) is 0 Å². The Bertz CT molecular complexity index is 266. The van der Waals surface area contributed by atoms with Gasteiger partial charge in [-0.15, -0.1) is 0 Å². The van der Waals surface area contributed by atoms with E-state index in [0.717, 1.165) is 24.4 Å². The maximum Gasteiger partial charge on any atom is 0.153 e. The number of nitrogens with two attached hydrogens (primary N) is 1. The second kappa shape index (κ2) is 3.89. The van der Waals surface area contributed by atoms with Crippen LogP contribution in [0.3, 0.4) is 0 Å². The lowest BCUT2D eigenvalue weighted by Crippen LogP contribution is -2.26. The van der Waals surface area contributed by atoms with E-state index in [0.29, 0.717) is 12.6 Å². The van der Waals surface area contributed by atoms with Gasteiger partial charge in [-0.1, -0.05) is 11.6 Å². The largest absolute Gasteiger partial charge is 0.359 e. The first-order valence-electron chi connectivity index (χ1n) is 4.79. The Morgan fingerprint density at radius 2 is 2.54 bits per heavy atom. The summed E-state index contributed by atoms with van der Waals surface area (Å²) >= 11 is 0. The summed E-state index contributed by atoms with van der Waals surface area (Å²) < 4.78 is 5.20. The van der Waals surface area contributed by atoms with Crippen molar-refractivity contribution >= 4 is 0 Å². The highest BCUT2D eigenvalue weighted by atomic mass is 16.5. The predicted octanol–water partition coefficient (Wildman–Crippen LogP) is 0.948. The van der Waals surface area contributed by atoms with Gasteiger partial charge in [-0.3, -0.25) is 0 Å². The predicted molar refractivity (Wildman–Crippen MR) is 49.0 cm³/mol. The van der Waals surface area contributed by atoms with E-state index in [4.69, 9.17) is 10.3 Å². The molecule has 1 aromatic heterocycles. The minimum absolute atomic E-state index is 0.349. The molecule has 2 rings (SSSR count). The molecular formula is C9H15N3O. The van der Waals surface area contributed by atoms with Crippen LogP contribution in [0, 0.1) is 0 Å². The first-order valence-corrected chi connectivity index (χ1v) is 4.79. The Balaban J connectivity index is 2.05. The molecule has 0 amide bonds. The van der Waals surface area contributed by atoms with Crippen molar-refractivity contribution in [3.8, 4) is 0 Å². The smallest absolute Gasteiger partial charge is 0.153 e. The van der Waals surface area contributed by atoms with Gasteiger partial charge < -0.3 is 15.6 Å². The van der Waals surface area contributed by atoms with E-state index in [9.17, 15) is 0 Å². The number of nitrogens with zero attached hydrogens (tertiary/aromatic N) is 1. The van der Waals surface area contributed by atoms with Crippen LogP contribution in [0.1, 0.15) is 36.8 Å². The van der Waals surface area contributed by atoms with E-state index < -0.39 is 0 Å². The van der Waals surface area contributed by atoms with E-state index >= 15 is 0 Å². The fraction of sp³-hybridized carbons (Fsp3) is 0.667. The monoisotopic (exact) mass is 181 g/mol. The van der Waals surface area contributed by atoms with Gasteiger partial charge in [-0.25, -0.2) is 0 Å². The van der Waals surface area contributed by atoms with Crippen LogP contribution in [0.4, 0.5) is 0 Å². The van der Waals surface area contributed by atoms with E-state index in [-0.39, 0.29) is 0 Å². The Kier molecular flexibility index (Phi) is 2.61. The molecule has 0 aromatic carbocycles. The van der Waals surface area contributed by atoms with E-state index in [1.54, 1.807) is 0 Å². The average Bonchev–Trinajstić information content (AvgIpc) is 2.67. The standard InChI is InChI=1S/C9H15N3O/c10-6-7-5-9(13-12-7)8-3-1-2-4-11-8/h5,8,11H,1-4,6,10H2. The van der Waals surface area contributed by atoms with Crippen molar-refractivity contribution in [2.24, 2.45) is 5.73 Å². The summed E-state index contributed by atoms with van der Waals surface area (Å²) in [5, 5.41) is 7.27. The molecule has 3 N–H and O–H groups in total. The van der Waals surface area contributed by atoms with Crippen molar-refractivity contribution in [1.82, 2.24) is 10.5 Å². The van der Waals surface area contributed by atoms with Crippen molar-refractivity contribution in [3.63, 3.8) is 0 Å².